The van der Waals surface area contributed by atoms with Gasteiger partial charge in [-0.1, -0.05) is 12.1 Å². The van der Waals surface area contributed by atoms with Crippen molar-refractivity contribution in [2.45, 2.75) is 40.3 Å². The molecule has 0 aliphatic carbocycles. The van der Waals surface area contributed by atoms with Crippen molar-refractivity contribution in [2.75, 3.05) is 46.9 Å². The molecule has 0 amide bonds. The summed E-state index contributed by atoms with van der Waals surface area (Å²) < 4.78 is 11.0. The number of nitrogens with one attached hydrogen (secondary N) is 2. The molecule has 148 valence electrons. The molecule has 0 atom stereocenters. The van der Waals surface area contributed by atoms with Crippen molar-refractivity contribution in [3.8, 4) is 5.75 Å². The van der Waals surface area contributed by atoms with E-state index in [0.717, 1.165) is 50.1 Å². The van der Waals surface area contributed by atoms with Crippen LogP contribution in [0.3, 0.4) is 0 Å². The minimum absolute atomic E-state index is 0.147. The summed E-state index contributed by atoms with van der Waals surface area (Å²) in [6, 6.07) is 6.28. The summed E-state index contributed by atoms with van der Waals surface area (Å²) in [7, 11) is 3.82. The van der Waals surface area contributed by atoms with Crippen LogP contribution >= 0.6 is 0 Å². The Balaban J connectivity index is 2.65. The van der Waals surface area contributed by atoms with Gasteiger partial charge in [0.1, 0.15) is 5.75 Å². The molecule has 0 fully saturated rings. The topological polar surface area (TPSA) is 58.1 Å². The largest absolute Gasteiger partial charge is 0.491 e. The van der Waals surface area contributed by atoms with Gasteiger partial charge < -0.3 is 25.0 Å². The van der Waals surface area contributed by atoms with Gasteiger partial charge in [0.05, 0.1) is 19.3 Å². The maximum absolute atomic E-state index is 5.94. The van der Waals surface area contributed by atoms with E-state index in [0.29, 0.717) is 6.54 Å². The number of nitrogens with zero attached hydrogens (tertiary/aromatic N) is 2. The molecule has 2 N–H and O–H groups in total. The predicted octanol–water partition coefficient (Wildman–Crippen LogP) is 2.42. The third-order valence-corrected chi connectivity index (χ3v) is 3.80. The minimum atomic E-state index is 0.147. The molecule has 0 saturated heterocycles. The fraction of sp³-hybridized carbons (Fsp3) is 0.650. The molecular formula is C20H36N4O2. The second-order valence-electron chi connectivity index (χ2n) is 6.70. The van der Waals surface area contributed by atoms with Gasteiger partial charge in [-0.05, 0) is 46.4 Å². The highest BCUT2D eigenvalue weighted by Gasteiger charge is 2.07. The molecule has 0 aliphatic heterocycles. The first-order chi connectivity index (χ1) is 12.5. The molecule has 0 heterocycles. The average molecular weight is 365 g/mol. The number of likely N-dealkylation sites (N-methyl/N-ethyl adjacent to an activating group) is 1. The van der Waals surface area contributed by atoms with Crippen LogP contribution in [0.25, 0.3) is 0 Å². The van der Waals surface area contributed by atoms with Gasteiger partial charge in [-0.3, -0.25) is 0 Å². The SMILES string of the molecule is CCNC(=NCc1ccc(C)cc1OC(C)C)NCCN(C)CCOC. The minimum Gasteiger partial charge on any atom is -0.491 e. The third kappa shape index (κ3) is 9.06. The van der Waals surface area contributed by atoms with Crippen molar-refractivity contribution in [2.24, 2.45) is 4.99 Å². The third-order valence-electron chi connectivity index (χ3n) is 3.80. The summed E-state index contributed by atoms with van der Waals surface area (Å²) in [5, 5.41) is 6.68. The van der Waals surface area contributed by atoms with E-state index in [9.17, 15) is 0 Å². The number of aryl methyl sites for hydroxylation is 1. The number of benzene rings is 1. The van der Waals surface area contributed by atoms with Gasteiger partial charge >= 0.3 is 0 Å². The molecular weight excluding hydrogens is 328 g/mol. The van der Waals surface area contributed by atoms with E-state index >= 15 is 0 Å². The molecule has 0 spiro atoms. The lowest BCUT2D eigenvalue weighted by Crippen LogP contribution is -2.41. The first-order valence-electron chi connectivity index (χ1n) is 9.42. The average Bonchev–Trinajstić information content (AvgIpc) is 2.58. The Bertz CT molecular complexity index is 547. The normalized spacial score (nSPS) is 11.9. The maximum atomic E-state index is 5.94. The summed E-state index contributed by atoms with van der Waals surface area (Å²) in [5.41, 5.74) is 2.29. The fourth-order valence-electron chi connectivity index (χ4n) is 2.39. The fourth-order valence-corrected chi connectivity index (χ4v) is 2.39. The van der Waals surface area contributed by atoms with Crippen LogP contribution in [0.4, 0.5) is 0 Å². The van der Waals surface area contributed by atoms with Crippen molar-refractivity contribution < 1.29 is 9.47 Å². The highest BCUT2D eigenvalue weighted by Crippen LogP contribution is 2.22. The number of methoxy groups -OCH3 is 1. The van der Waals surface area contributed by atoms with E-state index in [2.05, 4.69) is 54.6 Å². The number of hydrogen-bond acceptors (Lipinski definition) is 4. The zero-order valence-electron chi connectivity index (χ0n) is 17.3. The van der Waals surface area contributed by atoms with Crippen LogP contribution in [0.5, 0.6) is 5.75 Å². The van der Waals surface area contributed by atoms with Crippen LogP contribution in [-0.2, 0) is 11.3 Å². The van der Waals surface area contributed by atoms with Crippen LogP contribution < -0.4 is 15.4 Å². The first kappa shape index (κ1) is 22.3. The Morgan fingerprint density at radius 2 is 2.00 bits per heavy atom. The highest BCUT2D eigenvalue weighted by atomic mass is 16.5. The van der Waals surface area contributed by atoms with Gasteiger partial charge in [0.25, 0.3) is 0 Å². The summed E-state index contributed by atoms with van der Waals surface area (Å²) in [6.07, 6.45) is 0.147. The lowest BCUT2D eigenvalue weighted by atomic mass is 10.1. The Hall–Kier alpha value is -1.79. The van der Waals surface area contributed by atoms with Gasteiger partial charge in [0.15, 0.2) is 5.96 Å². The monoisotopic (exact) mass is 364 g/mol. The standard InChI is InChI=1S/C20H36N4O2/c1-7-21-20(22-10-11-24(5)12-13-25-6)23-15-18-9-8-17(4)14-19(18)26-16(2)3/h8-9,14,16H,7,10-13,15H2,1-6H3,(H2,21,22,23). The number of hydrogen-bond donors (Lipinski definition) is 2. The van der Waals surface area contributed by atoms with Crippen LogP contribution in [0.15, 0.2) is 23.2 Å². The van der Waals surface area contributed by atoms with Crippen LogP contribution in [0, 0.1) is 6.92 Å². The lowest BCUT2D eigenvalue weighted by Gasteiger charge is -2.18. The summed E-state index contributed by atoms with van der Waals surface area (Å²) >= 11 is 0. The summed E-state index contributed by atoms with van der Waals surface area (Å²) in [4.78, 5) is 6.94. The molecule has 0 aliphatic rings. The van der Waals surface area contributed by atoms with Gasteiger partial charge in [0, 0.05) is 38.9 Å². The van der Waals surface area contributed by atoms with Crippen molar-refractivity contribution >= 4 is 5.96 Å². The maximum Gasteiger partial charge on any atom is 0.191 e. The molecule has 0 aromatic heterocycles. The second-order valence-corrected chi connectivity index (χ2v) is 6.70. The van der Waals surface area contributed by atoms with Gasteiger partial charge in [-0.15, -0.1) is 0 Å². The molecule has 0 bridgehead atoms. The Kier molecular flexibility index (Phi) is 10.7. The molecule has 6 nitrogen and oxygen atoms in total. The van der Waals surface area contributed by atoms with E-state index < -0.39 is 0 Å². The molecule has 26 heavy (non-hydrogen) atoms. The van der Waals surface area contributed by atoms with Crippen LogP contribution in [-0.4, -0.2) is 63.9 Å². The zero-order valence-corrected chi connectivity index (χ0v) is 17.3. The van der Waals surface area contributed by atoms with Crippen molar-refractivity contribution in [1.29, 1.82) is 0 Å². The van der Waals surface area contributed by atoms with Crippen molar-refractivity contribution in [1.82, 2.24) is 15.5 Å². The van der Waals surface area contributed by atoms with E-state index in [4.69, 9.17) is 14.5 Å². The molecule has 0 unspecified atom stereocenters. The number of aliphatic imine (C=N–C) groups is 1. The van der Waals surface area contributed by atoms with E-state index in [1.54, 1.807) is 7.11 Å². The summed E-state index contributed by atoms with van der Waals surface area (Å²) in [5.74, 6) is 1.74. The quantitative estimate of drug-likeness (QED) is 0.466. The van der Waals surface area contributed by atoms with Crippen LogP contribution in [0.2, 0.25) is 0 Å². The number of rotatable bonds is 11. The number of guanidine groups is 1. The molecule has 0 saturated carbocycles. The van der Waals surface area contributed by atoms with Crippen molar-refractivity contribution in [3.63, 3.8) is 0 Å². The van der Waals surface area contributed by atoms with E-state index in [1.165, 1.54) is 5.56 Å². The Morgan fingerprint density at radius 1 is 1.23 bits per heavy atom. The second kappa shape index (κ2) is 12.5. The van der Waals surface area contributed by atoms with Gasteiger partial charge in [-0.25, -0.2) is 4.99 Å². The Morgan fingerprint density at radius 3 is 2.65 bits per heavy atom. The van der Waals surface area contributed by atoms with Crippen molar-refractivity contribution in [3.05, 3.63) is 29.3 Å². The van der Waals surface area contributed by atoms with E-state index in [1.807, 2.05) is 13.8 Å². The zero-order chi connectivity index (χ0) is 19.4. The Labute approximate surface area is 159 Å². The van der Waals surface area contributed by atoms with Gasteiger partial charge in [0.2, 0.25) is 0 Å². The predicted molar refractivity (Wildman–Crippen MR) is 109 cm³/mol. The molecule has 1 rings (SSSR count). The lowest BCUT2D eigenvalue weighted by molar-refractivity contribution is 0.162. The molecule has 1 aromatic carbocycles. The number of ether oxygens (including phenoxy) is 2. The summed E-state index contributed by atoms with van der Waals surface area (Å²) in [6.45, 7) is 13.1. The molecule has 1 aromatic rings. The van der Waals surface area contributed by atoms with Gasteiger partial charge in [-0.2, -0.15) is 0 Å². The smallest absolute Gasteiger partial charge is 0.191 e. The van der Waals surface area contributed by atoms with Crippen LogP contribution in [0.1, 0.15) is 31.9 Å². The molecule has 6 heteroatoms. The molecule has 0 radical (unpaired) electrons. The van der Waals surface area contributed by atoms with E-state index in [-0.39, 0.29) is 6.10 Å². The highest BCUT2D eigenvalue weighted by molar-refractivity contribution is 5.79. The first-order valence-corrected chi connectivity index (χ1v) is 9.42.